The Labute approximate surface area is 183 Å². The predicted molar refractivity (Wildman–Crippen MR) is 124 cm³/mol. The fourth-order valence-corrected chi connectivity index (χ4v) is 3.87. The molecule has 1 aliphatic heterocycles. The normalized spacial score (nSPS) is 14.5. The van der Waals surface area contributed by atoms with E-state index in [-0.39, 0.29) is 12.5 Å². The summed E-state index contributed by atoms with van der Waals surface area (Å²) in [6, 6.07) is 15.1. The number of anilines is 2. The number of amides is 1. The van der Waals surface area contributed by atoms with Gasteiger partial charge in [-0.2, -0.15) is 0 Å². The molecule has 0 aliphatic carbocycles. The molecule has 1 amide bonds. The van der Waals surface area contributed by atoms with Gasteiger partial charge in [0.1, 0.15) is 17.3 Å². The highest BCUT2D eigenvalue weighted by Gasteiger charge is 2.18. The third-order valence-corrected chi connectivity index (χ3v) is 5.82. The van der Waals surface area contributed by atoms with Gasteiger partial charge < -0.3 is 19.7 Å². The molecule has 0 spiro atoms. The molecule has 6 heteroatoms. The van der Waals surface area contributed by atoms with Gasteiger partial charge in [0.2, 0.25) is 0 Å². The maximum absolute atomic E-state index is 12.3. The SMILES string of the molecule is COc1ccc(OCC(=O)Nc2ccc3nc(N4CCC(C)CC4)cc(C)c3c2)cc1. The minimum Gasteiger partial charge on any atom is -0.497 e. The van der Waals surface area contributed by atoms with Gasteiger partial charge >= 0.3 is 0 Å². The Morgan fingerprint density at radius 1 is 1.10 bits per heavy atom. The summed E-state index contributed by atoms with van der Waals surface area (Å²) in [5.41, 5.74) is 2.84. The molecule has 162 valence electrons. The van der Waals surface area contributed by atoms with Gasteiger partial charge in [-0.3, -0.25) is 4.79 Å². The predicted octanol–water partition coefficient (Wildman–Crippen LogP) is 4.81. The number of methoxy groups -OCH3 is 1. The Bertz CT molecular complexity index is 1060. The number of benzene rings is 2. The first-order valence-electron chi connectivity index (χ1n) is 10.7. The number of nitrogens with one attached hydrogen (secondary N) is 1. The van der Waals surface area contributed by atoms with E-state index < -0.39 is 0 Å². The van der Waals surface area contributed by atoms with Crippen molar-refractivity contribution in [3.63, 3.8) is 0 Å². The number of aryl methyl sites for hydroxylation is 1. The van der Waals surface area contributed by atoms with Crippen molar-refractivity contribution < 1.29 is 14.3 Å². The summed E-state index contributed by atoms with van der Waals surface area (Å²) in [5, 5.41) is 3.95. The topological polar surface area (TPSA) is 63.7 Å². The molecular weight excluding hydrogens is 390 g/mol. The zero-order valence-corrected chi connectivity index (χ0v) is 18.4. The van der Waals surface area contributed by atoms with Crippen LogP contribution in [0.4, 0.5) is 11.5 Å². The number of rotatable bonds is 6. The second-order valence-electron chi connectivity index (χ2n) is 8.21. The van der Waals surface area contributed by atoms with E-state index in [1.807, 2.05) is 18.2 Å². The van der Waals surface area contributed by atoms with Crippen LogP contribution in [0.1, 0.15) is 25.3 Å². The molecule has 2 heterocycles. The highest BCUT2D eigenvalue weighted by Crippen LogP contribution is 2.28. The molecule has 0 bridgehead atoms. The van der Waals surface area contributed by atoms with Crippen LogP contribution in [0.3, 0.4) is 0 Å². The second kappa shape index (κ2) is 9.25. The van der Waals surface area contributed by atoms with Gasteiger partial charge in [0.25, 0.3) is 5.91 Å². The van der Waals surface area contributed by atoms with E-state index in [4.69, 9.17) is 14.5 Å². The van der Waals surface area contributed by atoms with Crippen molar-refractivity contribution in [2.75, 3.05) is 37.0 Å². The number of aromatic nitrogens is 1. The van der Waals surface area contributed by atoms with Crippen LogP contribution in [0.25, 0.3) is 10.9 Å². The molecule has 3 aromatic rings. The highest BCUT2D eigenvalue weighted by molar-refractivity contribution is 5.95. The first-order chi connectivity index (χ1) is 15.0. The molecule has 1 aliphatic rings. The third kappa shape index (κ3) is 5.08. The van der Waals surface area contributed by atoms with E-state index in [9.17, 15) is 4.79 Å². The number of hydrogen-bond donors (Lipinski definition) is 1. The third-order valence-electron chi connectivity index (χ3n) is 5.82. The Kier molecular flexibility index (Phi) is 6.26. The average molecular weight is 420 g/mol. The van der Waals surface area contributed by atoms with E-state index in [0.29, 0.717) is 5.75 Å². The average Bonchev–Trinajstić information content (AvgIpc) is 2.79. The fourth-order valence-electron chi connectivity index (χ4n) is 3.87. The summed E-state index contributed by atoms with van der Waals surface area (Å²) >= 11 is 0. The summed E-state index contributed by atoms with van der Waals surface area (Å²) in [6.07, 6.45) is 2.42. The largest absolute Gasteiger partial charge is 0.497 e. The van der Waals surface area contributed by atoms with Crippen molar-refractivity contribution in [1.82, 2.24) is 4.98 Å². The van der Waals surface area contributed by atoms with Crippen molar-refractivity contribution in [2.24, 2.45) is 5.92 Å². The Morgan fingerprint density at radius 3 is 2.52 bits per heavy atom. The molecule has 1 aromatic heterocycles. The fraction of sp³-hybridized carbons (Fsp3) is 0.360. The lowest BCUT2D eigenvalue weighted by atomic mass is 9.99. The van der Waals surface area contributed by atoms with Gasteiger partial charge in [-0.25, -0.2) is 4.98 Å². The molecule has 31 heavy (non-hydrogen) atoms. The van der Waals surface area contributed by atoms with Crippen LogP contribution in [0.15, 0.2) is 48.5 Å². The summed E-state index contributed by atoms with van der Waals surface area (Å²) in [6.45, 7) is 6.46. The van der Waals surface area contributed by atoms with Gasteiger partial charge in [-0.05, 0) is 79.8 Å². The molecular formula is C25H29N3O3. The van der Waals surface area contributed by atoms with Gasteiger partial charge in [-0.15, -0.1) is 0 Å². The zero-order valence-electron chi connectivity index (χ0n) is 18.4. The maximum atomic E-state index is 12.3. The van der Waals surface area contributed by atoms with Gasteiger partial charge in [0, 0.05) is 24.2 Å². The van der Waals surface area contributed by atoms with Crippen molar-refractivity contribution in [2.45, 2.75) is 26.7 Å². The Hall–Kier alpha value is -3.28. The van der Waals surface area contributed by atoms with Crippen LogP contribution in [-0.2, 0) is 4.79 Å². The minimum absolute atomic E-state index is 0.0616. The standard InChI is InChI=1S/C25H29N3O3/c1-17-10-12-28(13-11-17)24-14-18(2)22-15-19(4-9-23(22)27-24)26-25(29)16-31-21-7-5-20(30-3)6-8-21/h4-9,14-15,17H,10-13,16H2,1-3H3,(H,26,29). The number of fused-ring (bicyclic) bond motifs is 1. The quantitative estimate of drug-likeness (QED) is 0.621. The lowest BCUT2D eigenvalue weighted by molar-refractivity contribution is -0.118. The van der Waals surface area contributed by atoms with E-state index in [1.165, 1.54) is 12.8 Å². The molecule has 0 unspecified atom stereocenters. The first kappa shape index (κ1) is 21.0. The molecule has 6 nitrogen and oxygen atoms in total. The summed E-state index contributed by atoms with van der Waals surface area (Å²) in [5.74, 6) is 2.99. The van der Waals surface area contributed by atoms with Crippen LogP contribution in [-0.4, -0.2) is 37.7 Å². The molecule has 0 saturated carbocycles. The number of carbonyl (C=O) groups excluding carboxylic acids is 1. The van der Waals surface area contributed by atoms with Gasteiger partial charge in [-0.1, -0.05) is 6.92 Å². The molecule has 0 radical (unpaired) electrons. The summed E-state index contributed by atoms with van der Waals surface area (Å²) in [7, 11) is 1.61. The van der Waals surface area contributed by atoms with E-state index in [0.717, 1.165) is 52.7 Å². The monoisotopic (exact) mass is 419 g/mol. The van der Waals surface area contributed by atoms with Crippen LogP contribution in [0.5, 0.6) is 11.5 Å². The van der Waals surface area contributed by atoms with E-state index in [1.54, 1.807) is 31.4 Å². The van der Waals surface area contributed by atoms with Crippen molar-refractivity contribution in [3.8, 4) is 11.5 Å². The molecule has 0 atom stereocenters. The van der Waals surface area contributed by atoms with Crippen molar-refractivity contribution in [1.29, 1.82) is 0 Å². The van der Waals surface area contributed by atoms with Crippen LogP contribution in [0, 0.1) is 12.8 Å². The Balaban J connectivity index is 1.41. The highest BCUT2D eigenvalue weighted by atomic mass is 16.5. The first-order valence-corrected chi connectivity index (χ1v) is 10.7. The number of ether oxygens (including phenoxy) is 2. The van der Waals surface area contributed by atoms with Gasteiger partial charge in [0.15, 0.2) is 6.61 Å². The number of nitrogens with zero attached hydrogens (tertiary/aromatic N) is 2. The maximum Gasteiger partial charge on any atom is 0.262 e. The van der Waals surface area contributed by atoms with Gasteiger partial charge in [0.05, 0.1) is 12.6 Å². The van der Waals surface area contributed by atoms with Crippen LogP contribution >= 0.6 is 0 Å². The van der Waals surface area contributed by atoms with Crippen molar-refractivity contribution >= 4 is 28.3 Å². The number of carbonyl (C=O) groups is 1. The van der Waals surface area contributed by atoms with Crippen molar-refractivity contribution in [3.05, 3.63) is 54.1 Å². The summed E-state index contributed by atoms with van der Waals surface area (Å²) in [4.78, 5) is 19.6. The molecule has 4 rings (SSSR count). The number of hydrogen-bond acceptors (Lipinski definition) is 5. The second-order valence-corrected chi connectivity index (χ2v) is 8.21. The molecule has 1 saturated heterocycles. The van der Waals surface area contributed by atoms with E-state index in [2.05, 4.69) is 30.1 Å². The number of piperidine rings is 1. The molecule has 1 N–H and O–H groups in total. The minimum atomic E-state index is -0.208. The Morgan fingerprint density at radius 2 is 1.81 bits per heavy atom. The molecule has 1 fully saturated rings. The summed E-state index contributed by atoms with van der Waals surface area (Å²) < 4.78 is 10.7. The smallest absolute Gasteiger partial charge is 0.262 e. The number of pyridine rings is 1. The van der Waals surface area contributed by atoms with Crippen LogP contribution < -0.4 is 19.7 Å². The van der Waals surface area contributed by atoms with E-state index >= 15 is 0 Å². The molecule has 2 aromatic carbocycles. The van der Waals surface area contributed by atoms with Crippen LogP contribution in [0.2, 0.25) is 0 Å². The lowest BCUT2D eigenvalue weighted by Crippen LogP contribution is -2.33. The lowest BCUT2D eigenvalue weighted by Gasteiger charge is -2.31. The zero-order chi connectivity index (χ0) is 21.8.